The van der Waals surface area contributed by atoms with Gasteiger partial charge in [0.15, 0.2) is 0 Å². The van der Waals surface area contributed by atoms with E-state index in [9.17, 15) is 9.59 Å². The van der Waals surface area contributed by atoms with Gasteiger partial charge < -0.3 is 20.3 Å². The highest BCUT2D eigenvalue weighted by Crippen LogP contribution is 2.21. The number of hydrogen-bond acceptors (Lipinski definition) is 4. The number of ether oxygens (including phenoxy) is 1. The molecule has 2 amide bonds. The molecule has 2 aliphatic rings. The number of hydrogen-bond donors (Lipinski definition) is 1. The fourth-order valence-corrected chi connectivity index (χ4v) is 2.71. The molecule has 6 heteroatoms. The van der Waals surface area contributed by atoms with E-state index in [0.29, 0.717) is 52.2 Å². The number of rotatable bonds is 4. The van der Waals surface area contributed by atoms with Crippen LogP contribution in [0.3, 0.4) is 0 Å². The molecular weight excluding hydrogens is 246 g/mol. The summed E-state index contributed by atoms with van der Waals surface area (Å²) in [6, 6.07) is -0.261. The van der Waals surface area contributed by atoms with Crippen LogP contribution < -0.4 is 5.73 Å². The van der Waals surface area contributed by atoms with Crippen LogP contribution in [-0.2, 0) is 14.3 Å². The Kier molecular flexibility index (Phi) is 5.15. The summed E-state index contributed by atoms with van der Waals surface area (Å²) in [5, 5.41) is 0. The van der Waals surface area contributed by atoms with Crippen molar-refractivity contribution in [1.82, 2.24) is 9.80 Å². The molecule has 2 N–H and O–H groups in total. The van der Waals surface area contributed by atoms with E-state index in [-0.39, 0.29) is 17.9 Å². The third-order valence-corrected chi connectivity index (χ3v) is 3.78. The lowest BCUT2D eigenvalue weighted by atomic mass is 10.1. The Hall–Kier alpha value is -1.14. The molecule has 1 unspecified atom stereocenters. The summed E-state index contributed by atoms with van der Waals surface area (Å²) in [4.78, 5) is 28.1. The normalized spacial score (nSPS) is 23.7. The Morgan fingerprint density at radius 2 is 1.95 bits per heavy atom. The highest BCUT2D eigenvalue weighted by Gasteiger charge is 2.36. The first kappa shape index (κ1) is 14.3. The molecule has 1 atom stereocenters. The van der Waals surface area contributed by atoms with Crippen molar-refractivity contribution in [2.24, 2.45) is 5.73 Å². The molecule has 19 heavy (non-hydrogen) atoms. The van der Waals surface area contributed by atoms with Gasteiger partial charge in [0.05, 0.1) is 13.2 Å². The Bertz CT molecular complexity index is 329. The molecule has 0 aromatic carbocycles. The monoisotopic (exact) mass is 269 g/mol. The second kappa shape index (κ2) is 6.86. The molecule has 2 fully saturated rings. The zero-order valence-corrected chi connectivity index (χ0v) is 11.3. The van der Waals surface area contributed by atoms with E-state index in [4.69, 9.17) is 10.5 Å². The van der Waals surface area contributed by atoms with E-state index >= 15 is 0 Å². The fraction of sp³-hybridized carbons (Fsp3) is 0.846. The number of carbonyl (C=O) groups excluding carboxylic acids is 2. The van der Waals surface area contributed by atoms with E-state index in [2.05, 4.69) is 0 Å². The molecule has 6 nitrogen and oxygen atoms in total. The molecule has 108 valence electrons. The molecular formula is C13H23N3O3. The Labute approximate surface area is 113 Å². The second-order valence-electron chi connectivity index (χ2n) is 5.08. The van der Waals surface area contributed by atoms with Gasteiger partial charge in [-0.3, -0.25) is 9.59 Å². The van der Waals surface area contributed by atoms with Gasteiger partial charge in [-0.05, 0) is 25.8 Å². The van der Waals surface area contributed by atoms with Crippen LogP contribution in [0, 0.1) is 0 Å². The van der Waals surface area contributed by atoms with Gasteiger partial charge in [0.2, 0.25) is 11.8 Å². The first-order valence-corrected chi connectivity index (χ1v) is 7.10. The van der Waals surface area contributed by atoms with Crippen LogP contribution in [0.4, 0.5) is 0 Å². The molecule has 0 aliphatic carbocycles. The van der Waals surface area contributed by atoms with Crippen LogP contribution in [0.15, 0.2) is 0 Å². The maximum Gasteiger partial charge on any atom is 0.245 e. The average Bonchev–Trinajstić information content (AvgIpc) is 2.94. The standard InChI is InChI=1S/C13H23N3O3/c14-5-1-4-12(17)16-6-2-3-11(16)13(18)15-7-9-19-10-8-15/h11H,1-10,14H2. The van der Waals surface area contributed by atoms with Crippen LogP contribution in [0.25, 0.3) is 0 Å². The summed E-state index contributed by atoms with van der Waals surface area (Å²) in [5.74, 6) is 0.149. The van der Waals surface area contributed by atoms with Gasteiger partial charge in [-0.2, -0.15) is 0 Å². The van der Waals surface area contributed by atoms with Crippen molar-refractivity contribution in [3.63, 3.8) is 0 Å². The second-order valence-corrected chi connectivity index (χ2v) is 5.08. The summed E-state index contributed by atoms with van der Waals surface area (Å²) in [5.41, 5.74) is 5.43. The van der Waals surface area contributed by atoms with Crippen molar-refractivity contribution in [2.75, 3.05) is 39.4 Å². The molecule has 2 rings (SSSR count). The number of nitrogens with zero attached hydrogens (tertiary/aromatic N) is 2. The number of carbonyl (C=O) groups is 2. The Balaban J connectivity index is 1.93. The summed E-state index contributed by atoms with van der Waals surface area (Å²) in [7, 11) is 0. The number of amides is 2. The fourth-order valence-electron chi connectivity index (χ4n) is 2.71. The summed E-state index contributed by atoms with van der Waals surface area (Å²) < 4.78 is 5.25. The first-order valence-electron chi connectivity index (χ1n) is 7.10. The smallest absolute Gasteiger partial charge is 0.245 e. The lowest BCUT2D eigenvalue weighted by Crippen LogP contribution is -2.51. The SMILES string of the molecule is NCCCC(=O)N1CCCC1C(=O)N1CCOCC1. The van der Waals surface area contributed by atoms with Crippen molar-refractivity contribution < 1.29 is 14.3 Å². The van der Waals surface area contributed by atoms with Gasteiger partial charge in [0.1, 0.15) is 6.04 Å². The molecule has 0 bridgehead atoms. The third-order valence-electron chi connectivity index (χ3n) is 3.78. The van der Waals surface area contributed by atoms with Crippen LogP contribution in [0.5, 0.6) is 0 Å². The highest BCUT2D eigenvalue weighted by molar-refractivity contribution is 5.88. The van der Waals surface area contributed by atoms with Crippen LogP contribution >= 0.6 is 0 Å². The minimum atomic E-state index is -0.261. The highest BCUT2D eigenvalue weighted by atomic mass is 16.5. The Morgan fingerprint density at radius 3 is 2.63 bits per heavy atom. The van der Waals surface area contributed by atoms with Crippen LogP contribution in [-0.4, -0.2) is 67.0 Å². The lowest BCUT2D eigenvalue weighted by molar-refractivity contribution is -0.146. The quantitative estimate of drug-likeness (QED) is 0.752. The number of likely N-dealkylation sites (tertiary alicyclic amines) is 1. The zero-order chi connectivity index (χ0) is 13.7. The minimum Gasteiger partial charge on any atom is -0.378 e. The zero-order valence-electron chi connectivity index (χ0n) is 11.3. The molecule has 2 heterocycles. The maximum absolute atomic E-state index is 12.4. The molecule has 0 spiro atoms. The largest absolute Gasteiger partial charge is 0.378 e. The lowest BCUT2D eigenvalue weighted by Gasteiger charge is -2.32. The van der Waals surface area contributed by atoms with E-state index in [0.717, 1.165) is 12.8 Å². The van der Waals surface area contributed by atoms with Crippen molar-refractivity contribution in [3.05, 3.63) is 0 Å². The minimum absolute atomic E-state index is 0.0644. The molecule has 0 aromatic rings. The first-order chi connectivity index (χ1) is 9.24. The molecule has 2 aliphatic heterocycles. The van der Waals surface area contributed by atoms with Gasteiger partial charge >= 0.3 is 0 Å². The maximum atomic E-state index is 12.4. The van der Waals surface area contributed by atoms with Gasteiger partial charge in [0.25, 0.3) is 0 Å². The van der Waals surface area contributed by atoms with Crippen LogP contribution in [0.1, 0.15) is 25.7 Å². The van der Waals surface area contributed by atoms with Crippen molar-refractivity contribution in [1.29, 1.82) is 0 Å². The predicted octanol–water partition coefficient (Wildman–Crippen LogP) is -0.425. The van der Waals surface area contributed by atoms with Crippen LogP contribution in [0.2, 0.25) is 0 Å². The van der Waals surface area contributed by atoms with Gasteiger partial charge in [-0.25, -0.2) is 0 Å². The van der Waals surface area contributed by atoms with E-state index in [1.807, 2.05) is 4.90 Å². The molecule has 0 radical (unpaired) electrons. The van der Waals surface area contributed by atoms with Crippen molar-refractivity contribution in [3.8, 4) is 0 Å². The van der Waals surface area contributed by atoms with Gasteiger partial charge in [-0.15, -0.1) is 0 Å². The predicted molar refractivity (Wildman–Crippen MR) is 70.4 cm³/mol. The Morgan fingerprint density at radius 1 is 1.21 bits per heavy atom. The third kappa shape index (κ3) is 3.45. The van der Waals surface area contributed by atoms with Crippen molar-refractivity contribution in [2.45, 2.75) is 31.7 Å². The summed E-state index contributed by atoms with van der Waals surface area (Å²) in [6.07, 6.45) is 2.83. The topological polar surface area (TPSA) is 75.9 Å². The van der Waals surface area contributed by atoms with Crippen molar-refractivity contribution >= 4 is 11.8 Å². The van der Waals surface area contributed by atoms with Gasteiger partial charge in [-0.1, -0.05) is 0 Å². The molecule has 0 aromatic heterocycles. The molecule has 2 saturated heterocycles. The van der Waals surface area contributed by atoms with E-state index < -0.39 is 0 Å². The van der Waals surface area contributed by atoms with Gasteiger partial charge in [0, 0.05) is 26.1 Å². The van der Waals surface area contributed by atoms with E-state index in [1.54, 1.807) is 4.90 Å². The van der Waals surface area contributed by atoms with E-state index in [1.165, 1.54) is 0 Å². The molecule has 0 saturated carbocycles. The number of nitrogens with two attached hydrogens (primary N) is 1. The number of morpholine rings is 1. The summed E-state index contributed by atoms with van der Waals surface area (Å²) in [6.45, 7) is 3.69. The summed E-state index contributed by atoms with van der Waals surface area (Å²) >= 11 is 0. The average molecular weight is 269 g/mol.